The van der Waals surface area contributed by atoms with Crippen LogP contribution in [0.3, 0.4) is 0 Å². The molecule has 0 aromatic carbocycles. The van der Waals surface area contributed by atoms with Crippen molar-refractivity contribution >= 4 is 0 Å². The minimum atomic E-state index is -0.715. The van der Waals surface area contributed by atoms with Gasteiger partial charge in [-0.15, -0.1) is 0 Å². The minimum absolute atomic E-state index is 0.715. The quantitative estimate of drug-likeness (QED) is 0.762. The number of hydrogen-bond acceptors (Lipinski definition) is 2. The Labute approximate surface area is 98.7 Å². The molecule has 0 atom stereocenters. The zero-order valence-corrected chi connectivity index (χ0v) is 10.4. The molecule has 0 aliphatic rings. The lowest BCUT2D eigenvalue weighted by molar-refractivity contribution is 0.00994. The number of rotatable bonds is 7. The average Bonchev–Trinajstić information content (AvgIpc) is 2.35. The molecule has 1 rings (SSSR count). The molecule has 0 unspecified atom stereocenters. The monoisotopic (exact) mass is 221 g/mol. The van der Waals surface area contributed by atoms with Crippen LogP contribution >= 0.6 is 0 Å². The molecular formula is C14H23NO. The van der Waals surface area contributed by atoms with E-state index in [-0.39, 0.29) is 0 Å². The molecule has 90 valence electrons. The molecule has 2 heteroatoms. The van der Waals surface area contributed by atoms with Crippen molar-refractivity contribution in [2.24, 2.45) is 0 Å². The van der Waals surface area contributed by atoms with Gasteiger partial charge in [-0.25, -0.2) is 0 Å². The van der Waals surface area contributed by atoms with Crippen LogP contribution in [-0.2, 0) is 5.60 Å². The summed E-state index contributed by atoms with van der Waals surface area (Å²) in [6.45, 7) is 4.30. The predicted octanol–water partition coefficient (Wildman–Crippen LogP) is 3.65. The molecule has 0 aliphatic carbocycles. The number of nitrogens with zero attached hydrogens (tertiary/aromatic N) is 1. The number of unbranched alkanes of at least 4 members (excludes halogenated alkanes) is 2. The van der Waals surface area contributed by atoms with Crippen LogP contribution in [0.5, 0.6) is 0 Å². The summed E-state index contributed by atoms with van der Waals surface area (Å²) >= 11 is 0. The summed E-state index contributed by atoms with van der Waals surface area (Å²) in [5.41, 5.74) is 0.115. The Morgan fingerprint density at radius 2 is 1.75 bits per heavy atom. The number of pyridine rings is 1. The predicted molar refractivity (Wildman–Crippen MR) is 67.2 cm³/mol. The molecule has 16 heavy (non-hydrogen) atoms. The van der Waals surface area contributed by atoms with Crippen molar-refractivity contribution < 1.29 is 5.11 Å². The first kappa shape index (κ1) is 13.2. The highest BCUT2D eigenvalue weighted by molar-refractivity contribution is 5.12. The van der Waals surface area contributed by atoms with Gasteiger partial charge in [-0.3, -0.25) is 4.98 Å². The highest BCUT2D eigenvalue weighted by Gasteiger charge is 2.28. The molecule has 0 bridgehead atoms. The van der Waals surface area contributed by atoms with Crippen molar-refractivity contribution in [1.29, 1.82) is 0 Å². The van der Waals surface area contributed by atoms with Gasteiger partial charge in [0.15, 0.2) is 0 Å². The number of aromatic nitrogens is 1. The summed E-state index contributed by atoms with van der Waals surface area (Å²) in [7, 11) is 0. The second-order valence-corrected chi connectivity index (χ2v) is 4.45. The van der Waals surface area contributed by atoms with E-state index in [1.807, 2.05) is 18.2 Å². The first-order chi connectivity index (χ1) is 7.73. The fourth-order valence-electron chi connectivity index (χ4n) is 1.96. The Bertz CT molecular complexity index is 276. The lowest BCUT2D eigenvalue weighted by Gasteiger charge is -2.27. The Morgan fingerprint density at radius 3 is 2.19 bits per heavy atom. The van der Waals surface area contributed by atoms with E-state index >= 15 is 0 Å². The number of aliphatic hydroxyl groups is 1. The summed E-state index contributed by atoms with van der Waals surface area (Å²) in [5, 5.41) is 10.7. The maximum absolute atomic E-state index is 10.7. The Hall–Kier alpha value is -0.890. The Kier molecular flexibility index (Phi) is 5.47. The molecule has 0 radical (unpaired) electrons. The highest BCUT2D eigenvalue weighted by Crippen LogP contribution is 2.30. The summed E-state index contributed by atoms with van der Waals surface area (Å²) in [6.07, 6.45) is 7.73. The van der Waals surface area contributed by atoms with Gasteiger partial charge in [0.1, 0.15) is 5.60 Å². The topological polar surface area (TPSA) is 33.1 Å². The van der Waals surface area contributed by atoms with Gasteiger partial charge in [0.05, 0.1) is 5.69 Å². The fourth-order valence-corrected chi connectivity index (χ4v) is 1.96. The van der Waals surface area contributed by atoms with Crippen molar-refractivity contribution in [1.82, 2.24) is 4.98 Å². The lowest BCUT2D eigenvalue weighted by Crippen LogP contribution is -2.26. The summed E-state index contributed by atoms with van der Waals surface area (Å²) in [4.78, 5) is 4.31. The van der Waals surface area contributed by atoms with Gasteiger partial charge < -0.3 is 5.11 Å². The van der Waals surface area contributed by atoms with Gasteiger partial charge in [0, 0.05) is 6.20 Å². The van der Waals surface area contributed by atoms with E-state index in [0.29, 0.717) is 0 Å². The lowest BCUT2D eigenvalue weighted by atomic mass is 9.87. The van der Waals surface area contributed by atoms with Crippen LogP contribution in [-0.4, -0.2) is 10.1 Å². The van der Waals surface area contributed by atoms with Crippen molar-refractivity contribution in [2.75, 3.05) is 0 Å². The third-order valence-corrected chi connectivity index (χ3v) is 3.03. The molecule has 1 N–H and O–H groups in total. The SMILES string of the molecule is CCCCC(O)(CCCC)c1ccccn1. The zero-order chi connectivity index (χ0) is 11.9. The van der Waals surface area contributed by atoms with Gasteiger partial charge in [0.25, 0.3) is 0 Å². The van der Waals surface area contributed by atoms with Crippen LogP contribution in [0.2, 0.25) is 0 Å². The maximum atomic E-state index is 10.7. The first-order valence-electron chi connectivity index (χ1n) is 6.37. The maximum Gasteiger partial charge on any atom is 0.106 e. The third-order valence-electron chi connectivity index (χ3n) is 3.03. The summed E-state index contributed by atoms with van der Waals surface area (Å²) < 4.78 is 0. The van der Waals surface area contributed by atoms with Crippen LogP contribution in [0.25, 0.3) is 0 Å². The average molecular weight is 221 g/mol. The molecule has 1 aromatic rings. The molecule has 0 aliphatic heterocycles. The second-order valence-electron chi connectivity index (χ2n) is 4.45. The van der Waals surface area contributed by atoms with Crippen molar-refractivity contribution in [3.63, 3.8) is 0 Å². The van der Waals surface area contributed by atoms with Crippen LogP contribution in [0.15, 0.2) is 24.4 Å². The molecule has 1 aromatic heterocycles. The third kappa shape index (κ3) is 3.60. The normalized spacial score (nSPS) is 11.7. The van der Waals surface area contributed by atoms with Crippen LogP contribution in [0, 0.1) is 0 Å². The van der Waals surface area contributed by atoms with Gasteiger partial charge in [-0.05, 0) is 25.0 Å². The van der Waals surface area contributed by atoms with E-state index in [4.69, 9.17) is 0 Å². The van der Waals surface area contributed by atoms with Crippen molar-refractivity contribution in [3.8, 4) is 0 Å². The van der Waals surface area contributed by atoms with E-state index in [9.17, 15) is 5.11 Å². The molecule has 1 heterocycles. The van der Waals surface area contributed by atoms with Crippen LogP contribution in [0.4, 0.5) is 0 Å². The largest absolute Gasteiger partial charge is 0.384 e. The highest BCUT2D eigenvalue weighted by atomic mass is 16.3. The van der Waals surface area contributed by atoms with Crippen LogP contribution in [0.1, 0.15) is 58.1 Å². The van der Waals surface area contributed by atoms with Gasteiger partial charge in [-0.1, -0.05) is 45.6 Å². The second kappa shape index (κ2) is 6.64. The van der Waals surface area contributed by atoms with E-state index < -0.39 is 5.60 Å². The van der Waals surface area contributed by atoms with E-state index in [1.54, 1.807) is 6.20 Å². The van der Waals surface area contributed by atoms with Gasteiger partial charge in [-0.2, -0.15) is 0 Å². The first-order valence-corrected chi connectivity index (χ1v) is 6.37. The molecular weight excluding hydrogens is 198 g/mol. The smallest absolute Gasteiger partial charge is 0.106 e. The van der Waals surface area contributed by atoms with E-state index in [0.717, 1.165) is 44.2 Å². The zero-order valence-electron chi connectivity index (χ0n) is 10.4. The summed E-state index contributed by atoms with van der Waals surface area (Å²) in [6, 6.07) is 5.78. The van der Waals surface area contributed by atoms with E-state index in [2.05, 4.69) is 18.8 Å². The van der Waals surface area contributed by atoms with Crippen LogP contribution < -0.4 is 0 Å². The summed E-state index contributed by atoms with van der Waals surface area (Å²) in [5.74, 6) is 0. The fraction of sp³-hybridized carbons (Fsp3) is 0.643. The van der Waals surface area contributed by atoms with Crippen molar-refractivity contribution in [3.05, 3.63) is 30.1 Å². The molecule has 0 spiro atoms. The standard InChI is InChI=1S/C14H23NO/c1-3-5-10-14(16,11-6-4-2)13-9-7-8-12-15-13/h7-9,12,16H,3-6,10-11H2,1-2H3. The van der Waals surface area contributed by atoms with E-state index in [1.165, 1.54) is 0 Å². The van der Waals surface area contributed by atoms with Gasteiger partial charge in [0.2, 0.25) is 0 Å². The Morgan fingerprint density at radius 1 is 1.12 bits per heavy atom. The molecule has 2 nitrogen and oxygen atoms in total. The molecule has 0 amide bonds. The molecule has 0 saturated carbocycles. The number of hydrogen-bond donors (Lipinski definition) is 1. The van der Waals surface area contributed by atoms with Gasteiger partial charge >= 0.3 is 0 Å². The van der Waals surface area contributed by atoms with Crippen molar-refractivity contribution in [2.45, 2.75) is 58.0 Å². The molecule has 0 saturated heterocycles. The minimum Gasteiger partial charge on any atom is -0.384 e. The molecule has 0 fully saturated rings. The Balaban J connectivity index is 2.77.